The van der Waals surface area contributed by atoms with Crippen LogP contribution in [0, 0.1) is 0 Å². The van der Waals surface area contributed by atoms with Gasteiger partial charge in [0, 0.05) is 22.2 Å². The Morgan fingerprint density at radius 1 is 1.32 bits per heavy atom. The van der Waals surface area contributed by atoms with Crippen molar-refractivity contribution in [3.05, 3.63) is 64.8 Å². The fraction of sp³-hybridized carbons (Fsp3) is 0.304. The van der Waals surface area contributed by atoms with Crippen molar-refractivity contribution >= 4 is 34.9 Å². The number of hydrogen-bond donors (Lipinski definition) is 2. The maximum atomic E-state index is 13.0. The molecule has 0 radical (unpaired) electrons. The van der Waals surface area contributed by atoms with E-state index in [9.17, 15) is 14.7 Å². The minimum Gasteiger partial charge on any atom is -0.496 e. The number of alkyl halides is 1. The van der Waals surface area contributed by atoms with Gasteiger partial charge in [0.05, 0.1) is 19.8 Å². The first-order valence-electron chi connectivity index (χ1n) is 9.92. The molecule has 2 aromatic carbocycles. The van der Waals surface area contributed by atoms with Gasteiger partial charge in [-0.15, -0.1) is 11.6 Å². The molecular formula is C23H23ClN2O5. The number of nitrogens with zero attached hydrogens (tertiary/aromatic N) is 1. The number of para-hydroxylation sites is 1. The Bertz CT molecular complexity index is 1110. The third kappa shape index (κ3) is 3.75. The lowest BCUT2D eigenvalue weighted by atomic mass is 9.87. The Labute approximate surface area is 184 Å². The summed E-state index contributed by atoms with van der Waals surface area (Å²) in [5, 5.41) is 10.8. The van der Waals surface area contributed by atoms with Crippen LogP contribution in [0.2, 0.25) is 0 Å². The minimum atomic E-state index is -0.552. The normalized spacial score (nSPS) is 18.0. The predicted octanol–water partition coefficient (Wildman–Crippen LogP) is 2.92. The maximum absolute atomic E-state index is 13.0. The van der Waals surface area contributed by atoms with E-state index >= 15 is 0 Å². The van der Waals surface area contributed by atoms with Gasteiger partial charge in [0.25, 0.3) is 6.47 Å². The van der Waals surface area contributed by atoms with Gasteiger partial charge in [-0.3, -0.25) is 9.59 Å². The molecule has 0 unspecified atom stereocenters. The molecule has 2 atom stereocenters. The van der Waals surface area contributed by atoms with E-state index in [4.69, 9.17) is 21.1 Å². The highest BCUT2D eigenvalue weighted by atomic mass is 35.5. The molecule has 2 N–H and O–H groups in total. The molecule has 0 fully saturated rings. The van der Waals surface area contributed by atoms with E-state index in [-0.39, 0.29) is 25.0 Å². The van der Waals surface area contributed by atoms with Crippen LogP contribution < -0.4 is 4.74 Å². The van der Waals surface area contributed by atoms with E-state index in [1.54, 1.807) is 24.1 Å². The molecule has 1 aliphatic rings. The highest BCUT2D eigenvalue weighted by Gasteiger charge is 2.41. The second kappa shape index (κ2) is 8.99. The number of aromatic nitrogens is 1. The third-order valence-electron chi connectivity index (χ3n) is 5.76. The fourth-order valence-corrected chi connectivity index (χ4v) is 4.60. The Morgan fingerprint density at radius 3 is 2.84 bits per heavy atom. The molecule has 8 heteroatoms. The smallest absolute Gasteiger partial charge is 0.293 e. The van der Waals surface area contributed by atoms with Gasteiger partial charge in [0.2, 0.25) is 5.91 Å². The molecule has 0 bridgehead atoms. The summed E-state index contributed by atoms with van der Waals surface area (Å²) in [5.41, 5.74) is 4.27. The molecule has 31 heavy (non-hydrogen) atoms. The lowest BCUT2D eigenvalue weighted by Gasteiger charge is -2.42. The van der Waals surface area contributed by atoms with E-state index in [0.717, 1.165) is 27.7 Å². The number of benzene rings is 2. The number of carbonyl (C=O) groups is 2. The van der Waals surface area contributed by atoms with Gasteiger partial charge < -0.3 is 24.5 Å². The standard InChI is InChI=1S/C23H23ClN2O5/c1-30-20-7-6-14(11-27)8-18(20)23-22-17(16-4-2-3-5-19(16)25-22)9-15(12-31-13-28)26(23)21(29)10-24/h2-8,13,15,23,25,27H,9-12H2,1H3/t15-,23+/m0/s1. The zero-order valence-electron chi connectivity index (χ0n) is 17.0. The summed E-state index contributed by atoms with van der Waals surface area (Å²) in [6.07, 6.45) is 0.508. The van der Waals surface area contributed by atoms with Crippen molar-refractivity contribution in [2.75, 3.05) is 19.6 Å². The first-order valence-corrected chi connectivity index (χ1v) is 10.5. The summed E-state index contributed by atoms with van der Waals surface area (Å²) in [6.45, 7) is 0.282. The number of carbonyl (C=O) groups excluding carboxylic acids is 2. The van der Waals surface area contributed by atoms with Crippen LogP contribution in [0.3, 0.4) is 0 Å². The Kier molecular flexibility index (Phi) is 6.15. The molecule has 2 heterocycles. The van der Waals surface area contributed by atoms with Crippen LogP contribution >= 0.6 is 11.6 Å². The molecule has 1 aromatic heterocycles. The van der Waals surface area contributed by atoms with E-state index in [0.29, 0.717) is 24.2 Å². The molecule has 1 amide bonds. The zero-order valence-corrected chi connectivity index (χ0v) is 17.8. The van der Waals surface area contributed by atoms with Gasteiger partial charge in [0.15, 0.2) is 0 Å². The molecule has 0 saturated heterocycles. The van der Waals surface area contributed by atoms with Gasteiger partial charge in [-0.05, 0) is 35.7 Å². The second-order valence-corrected chi connectivity index (χ2v) is 7.69. The Morgan fingerprint density at radius 2 is 2.13 bits per heavy atom. The number of aliphatic hydroxyl groups is 1. The average molecular weight is 443 g/mol. The van der Waals surface area contributed by atoms with Gasteiger partial charge in [-0.1, -0.05) is 24.3 Å². The molecule has 7 nitrogen and oxygen atoms in total. The highest BCUT2D eigenvalue weighted by molar-refractivity contribution is 6.27. The first kappa shape index (κ1) is 21.2. The number of H-pyrrole nitrogens is 1. The monoisotopic (exact) mass is 442 g/mol. The van der Waals surface area contributed by atoms with Crippen LogP contribution in [-0.2, 0) is 27.4 Å². The molecule has 162 valence electrons. The Balaban J connectivity index is 1.98. The topological polar surface area (TPSA) is 91.9 Å². The number of hydrogen-bond acceptors (Lipinski definition) is 5. The van der Waals surface area contributed by atoms with Crippen molar-refractivity contribution in [3.8, 4) is 5.75 Å². The molecule has 0 spiro atoms. The molecule has 4 rings (SSSR count). The zero-order chi connectivity index (χ0) is 22.0. The molecule has 0 aliphatic carbocycles. The van der Waals surface area contributed by atoms with Crippen molar-refractivity contribution in [2.24, 2.45) is 0 Å². The van der Waals surface area contributed by atoms with Gasteiger partial charge in [-0.25, -0.2) is 0 Å². The van der Waals surface area contributed by atoms with E-state index in [1.807, 2.05) is 30.3 Å². The third-order valence-corrected chi connectivity index (χ3v) is 5.99. The average Bonchev–Trinajstić information content (AvgIpc) is 3.19. The molecular weight excluding hydrogens is 420 g/mol. The van der Waals surface area contributed by atoms with Gasteiger partial charge in [0.1, 0.15) is 24.3 Å². The van der Waals surface area contributed by atoms with Crippen LogP contribution in [0.1, 0.15) is 28.4 Å². The van der Waals surface area contributed by atoms with Crippen molar-refractivity contribution < 1.29 is 24.2 Å². The maximum Gasteiger partial charge on any atom is 0.293 e. The molecule has 3 aromatic rings. The van der Waals surface area contributed by atoms with Crippen LogP contribution in [0.25, 0.3) is 10.9 Å². The van der Waals surface area contributed by atoms with E-state index in [1.165, 1.54) is 0 Å². The summed E-state index contributed by atoms with van der Waals surface area (Å²) in [7, 11) is 1.56. The van der Waals surface area contributed by atoms with E-state index in [2.05, 4.69) is 4.98 Å². The lowest BCUT2D eigenvalue weighted by Crippen LogP contribution is -2.50. The van der Waals surface area contributed by atoms with Gasteiger partial charge in [-0.2, -0.15) is 0 Å². The van der Waals surface area contributed by atoms with E-state index < -0.39 is 12.1 Å². The number of ether oxygens (including phenoxy) is 2. The van der Waals surface area contributed by atoms with Crippen molar-refractivity contribution in [2.45, 2.75) is 25.1 Å². The minimum absolute atomic E-state index is 0.0452. The number of rotatable bonds is 7. The molecule has 1 aliphatic heterocycles. The second-order valence-electron chi connectivity index (χ2n) is 7.42. The SMILES string of the molecule is COc1ccc(CO)cc1[C@@H]1c2[nH]c3ccccc3c2C[C@@H](COC=O)N1C(=O)CCl. The fourth-order valence-electron chi connectivity index (χ4n) is 4.47. The van der Waals surface area contributed by atoms with Crippen LogP contribution in [0.4, 0.5) is 0 Å². The number of amides is 1. The van der Waals surface area contributed by atoms with Crippen LogP contribution in [0.15, 0.2) is 42.5 Å². The summed E-state index contributed by atoms with van der Waals surface area (Å²) < 4.78 is 10.7. The number of methoxy groups -OCH3 is 1. The number of nitrogens with one attached hydrogen (secondary N) is 1. The summed E-state index contributed by atoms with van der Waals surface area (Å²) in [6, 6.07) is 12.3. The lowest BCUT2D eigenvalue weighted by molar-refractivity contribution is -0.139. The quantitative estimate of drug-likeness (QED) is 0.433. The first-order chi connectivity index (χ1) is 15.1. The number of halogens is 1. The molecule has 0 saturated carbocycles. The summed E-state index contributed by atoms with van der Waals surface area (Å²) in [4.78, 5) is 29.1. The van der Waals surface area contributed by atoms with Crippen LogP contribution in [-0.4, -0.2) is 53.0 Å². The largest absolute Gasteiger partial charge is 0.496 e. The van der Waals surface area contributed by atoms with Crippen LogP contribution in [0.5, 0.6) is 5.75 Å². The van der Waals surface area contributed by atoms with Crippen molar-refractivity contribution in [1.82, 2.24) is 9.88 Å². The number of fused-ring (bicyclic) bond motifs is 3. The van der Waals surface area contributed by atoms with Crippen molar-refractivity contribution in [1.29, 1.82) is 0 Å². The van der Waals surface area contributed by atoms with Crippen molar-refractivity contribution in [3.63, 3.8) is 0 Å². The number of aromatic amines is 1. The summed E-state index contributed by atoms with van der Waals surface area (Å²) in [5.74, 6) is 0.0779. The predicted molar refractivity (Wildman–Crippen MR) is 116 cm³/mol. The summed E-state index contributed by atoms with van der Waals surface area (Å²) >= 11 is 5.99. The number of aliphatic hydroxyl groups excluding tert-OH is 1. The Hall–Kier alpha value is -3.03. The highest BCUT2D eigenvalue weighted by Crippen LogP contribution is 2.44. The van der Waals surface area contributed by atoms with Gasteiger partial charge >= 0.3 is 0 Å².